The van der Waals surface area contributed by atoms with E-state index in [1.54, 1.807) is 24.1 Å². The van der Waals surface area contributed by atoms with Crippen molar-refractivity contribution in [2.75, 3.05) is 33.4 Å². The summed E-state index contributed by atoms with van der Waals surface area (Å²) in [5.41, 5.74) is 7.19. The third-order valence-corrected chi connectivity index (χ3v) is 7.70. The van der Waals surface area contributed by atoms with Crippen LogP contribution in [0.3, 0.4) is 0 Å². The number of methoxy groups -OCH3 is 1. The molecule has 1 aromatic heterocycles. The van der Waals surface area contributed by atoms with E-state index in [2.05, 4.69) is 40.9 Å². The lowest BCUT2D eigenvalue weighted by molar-refractivity contribution is -0.123. The van der Waals surface area contributed by atoms with Crippen molar-refractivity contribution in [1.82, 2.24) is 14.8 Å². The van der Waals surface area contributed by atoms with E-state index in [1.165, 1.54) is 12.1 Å². The molecule has 8 heteroatoms. The van der Waals surface area contributed by atoms with Gasteiger partial charge in [0.15, 0.2) is 0 Å². The monoisotopic (exact) mass is 538 g/mol. The number of hydrogen-bond donors (Lipinski definition) is 1. The zero-order valence-electron chi connectivity index (χ0n) is 22.8. The number of amides is 2. The molecule has 1 fully saturated rings. The van der Waals surface area contributed by atoms with Crippen LogP contribution in [0.15, 0.2) is 65.7 Å². The number of nitrogens with zero attached hydrogens (tertiary/aromatic N) is 3. The van der Waals surface area contributed by atoms with Crippen LogP contribution in [0.2, 0.25) is 0 Å². The van der Waals surface area contributed by atoms with Crippen molar-refractivity contribution < 1.29 is 18.7 Å². The maximum atomic E-state index is 14.0. The number of carbonyl (C=O) groups excluding carboxylic acids is 2. The van der Waals surface area contributed by atoms with Gasteiger partial charge in [-0.25, -0.2) is 4.39 Å². The zero-order valence-corrected chi connectivity index (χ0v) is 22.8. The average Bonchev–Trinajstić information content (AvgIpc) is 3.54. The Morgan fingerprint density at radius 2 is 1.85 bits per heavy atom. The Kier molecular flexibility index (Phi) is 6.50. The van der Waals surface area contributed by atoms with E-state index in [4.69, 9.17) is 4.74 Å². The molecule has 2 aliphatic rings. The minimum absolute atomic E-state index is 0.0638. The van der Waals surface area contributed by atoms with Crippen LogP contribution in [0.5, 0.6) is 0 Å². The van der Waals surface area contributed by atoms with Gasteiger partial charge in [-0.15, -0.1) is 0 Å². The zero-order chi connectivity index (χ0) is 28.0. The van der Waals surface area contributed by atoms with Crippen LogP contribution < -0.4 is 5.32 Å². The molecule has 3 heterocycles. The maximum Gasteiger partial charge on any atom is 0.254 e. The summed E-state index contributed by atoms with van der Waals surface area (Å²) in [7, 11) is 1.69. The quantitative estimate of drug-likeness (QED) is 0.381. The topological polar surface area (TPSA) is 75.9 Å². The van der Waals surface area contributed by atoms with Gasteiger partial charge in [0, 0.05) is 59.7 Å². The van der Waals surface area contributed by atoms with Crippen molar-refractivity contribution in [2.45, 2.75) is 25.8 Å². The standard InChI is InChI=1S/C32H31FN4O3/c1-32(2,19-40-3)30-29(20-4-6-21(7-5-20)31(39)36-13-12-35-28(38)18-36)26-14-22-16-34-17-23(22)15-27(26)37(30)25-10-8-24(33)9-11-25/h4-11,14-15,17H,12-13,16,18-19H2,1-3H3,(H,35,38). The van der Waals surface area contributed by atoms with Gasteiger partial charge in [0.25, 0.3) is 5.91 Å². The Morgan fingerprint density at radius 1 is 1.10 bits per heavy atom. The summed E-state index contributed by atoms with van der Waals surface area (Å²) < 4.78 is 21.9. The van der Waals surface area contributed by atoms with Gasteiger partial charge >= 0.3 is 0 Å². The summed E-state index contributed by atoms with van der Waals surface area (Å²) in [6.45, 7) is 6.38. The molecule has 6 rings (SSSR count). The van der Waals surface area contributed by atoms with Gasteiger partial charge in [-0.1, -0.05) is 26.0 Å². The summed E-state index contributed by atoms with van der Waals surface area (Å²) in [6.07, 6.45) is 1.90. The SMILES string of the molecule is COCC(C)(C)c1c(-c2ccc(C(=O)N3CCNC(=O)C3)cc2)c2cc3c(cc2n1-c1ccc(F)cc1)C=NC3. The minimum atomic E-state index is -0.425. The minimum Gasteiger partial charge on any atom is -0.384 e. The first-order valence-electron chi connectivity index (χ1n) is 13.4. The summed E-state index contributed by atoms with van der Waals surface area (Å²) in [5.74, 6) is -0.603. The fraction of sp³-hybridized carbons (Fsp3) is 0.281. The second-order valence-corrected chi connectivity index (χ2v) is 11.0. The van der Waals surface area contributed by atoms with Crippen LogP contribution in [-0.2, 0) is 21.5 Å². The van der Waals surface area contributed by atoms with E-state index in [0.717, 1.165) is 44.5 Å². The predicted octanol–water partition coefficient (Wildman–Crippen LogP) is 4.87. The molecule has 0 unspecified atom stereocenters. The van der Waals surface area contributed by atoms with E-state index in [1.807, 2.05) is 30.5 Å². The Balaban J connectivity index is 1.56. The normalized spacial score (nSPS) is 15.0. The molecule has 0 spiro atoms. The number of halogens is 1. The van der Waals surface area contributed by atoms with Crippen molar-refractivity contribution >= 4 is 28.9 Å². The molecule has 0 aliphatic carbocycles. The maximum absolute atomic E-state index is 14.0. The Hall–Kier alpha value is -4.30. The van der Waals surface area contributed by atoms with Gasteiger partial charge in [-0.3, -0.25) is 14.6 Å². The number of aromatic nitrogens is 1. The van der Waals surface area contributed by atoms with E-state index in [-0.39, 0.29) is 24.2 Å². The second-order valence-electron chi connectivity index (χ2n) is 11.0. The average molecular weight is 539 g/mol. The van der Waals surface area contributed by atoms with Crippen molar-refractivity contribution in [2.24, 2.45) is 4.99 Å². The molecular formula is C32H31FN4O3. The van der Waals surface area contributed by atoms with Gasteiger partial charge in [0.2, 0.25) is 5.91 Å². The van der Waals surface area contributed by atoms with E-state index in [9.17, 15) is 14.0 Å². The number of piperazine rings is 1. The number of benzene rings is 3. The van der Waals surface area contributed by atoms with E-state index >= 15 is 0 Å². The highest BCUT2D eigenvalue weighted by atomic mass is 19.1. The number of rotatable bonds is 6. The Bertz CT molecular complexity index is 1650. The fourth-order valence-corrected chi connectivity index (χ4v) is 5.89. The third kappa shape index (κ3) is 4.48. The number of nitrogens with one attached hydrogen (secondary N) is 1. The lowest BCUT2D eigenvalue weighted by Crippen LogP contribution is -2.49. The van der Waals surface area contributed by atoms with Crippen molar-refractivity contribution in [3.8, 4) is 16.8 Å². The highest BCUT2D eigenvalue weighted by Gasteiger charge is 2.33. The molecule has 7 nitrogen and oxygen atoms in total. The summed E-state index contributed by atoms with van der Waals surface area (Å²) in [5, 5.41) is 3.81. The molecule has 3 aromatic carbocycles. The van der Waals surface area contributed by atoms with Crippen LogP contribution in [0.25, 0.3) is 27.7 Å². The van der Waals surface area contributed by atoms with Gasteiger partial charge < -0.3 is 19.5 Å². The van der Waals surface area contributed by atoms with Crippen LogP contribution in [-0.4, -0.2) is 60.8 Å². The molecule has 40 heavy (non-hydrogen) atoms. The first-order chi connectivity index (χ1) is 19.3. The summed E-state index contributed by atoms with van der Waals surface area (Å²) >= 11 is 0. The van der Waals surface area contributed by atoms with Crippen molar-refractivity contribution in [3.63, 3.8) is 0 Å². The summed E-state index contributed by atoms with van der Waals surface area (Å²) in [6, 6.07) is 18.5. The van der Waals surface area contributed by atoms with Gasteiger partial charge in [-0.05, 0) is 65.2 Å². The number of aliphatic imine (C=N–C) groups is 1. The first-order valence-corrected chi connectivity index (χ1v) is 13.4. The fourth-order valence-electron chi connectivity index (χ4n) is 5.89. The Morgan fingerprint density at radius 3 is 2.55 bits per heavy atom. The molecular weight excluding hydrogens is 507 g/mol. The summed E-state index contributed by atoms with van der Waals surface area (Å²) in [4.78, 5) is 31.0. The van der Waals surface area contributed by atoms with Crippen molar-refractivity contribution in [1.29, 1.82) is 0 Å². The third-order valence-electron chi connectivity index (χ3n) is 7.70. The lowest BCUT2D eigenvalue weighted by Gasteiger charge is -2.28. The lowest BCUT2D eigenvalue weighted by atomic mass is 9.84. The Labute approximate surface area is 232 Å². The molecule has 1 N–H and O–H groups in total. The van der Waals surface area contributed by atoms with Crippen LogP contribution in [0, 0.1) is 5.82 Å². The molecule has 0 bridgehead atoms. The molecule has 0 saturated carbocycles. The molecule has 2 aliphatic heterocycles. The molecule has 0 atom stereocenters. The van der Waals surface area contributed by atoms with Gasteiger partial charge in [0.1, 0.15) is 5.82 Å². The van der Waals surface area contributed by atoms with Crippen molar-refractivity contribution in [3.05, 3.63) is 88.9 Å². The van der Waals surface area contributed by atoms with E-state index < -0.39 is 5.41 Å². The number of carbonyl (C=O) groups is 2. The molecule has 4 aromatic rings. The smallest absolute Gasteiger partial charge is 0.254 e. The molecule has 0 radical (unpaired) electrons. The largest absolute Gasteiger partial charge is 0.384 e. The number of hydrogen-bond acceptors (Lipinski definition) is 4. The van der Waals surface area contributed by atoms with Crippen LogP contribution in [0.1, 0.15) is 41.0 Å². The van der Waals surface area contributed by atoms with Gasteiger partial charge in [0.05, 0.1) is 25.2 Å². The van der Waals surface area contributed by atoms with Gasteiger partial charge in [-0.2, -0.15) is 0 Å². The number of fused-ring (bicyclic) bond motifs is 2. The molecule has 1 saturated heterocycles. The van der Waals surface area contributed by atoms with Crippen LogP contribution in [0.4, 0.5) is 4.39 Å². The number of ether oxygens (including phenoxy) is 1. The highest BCUT2D eigenvalue weighted by Crippen LogP contribution is 2.44. The molecule has 204 valence electrons. The van der Waals surface area contributed by atoms with Crippen LogP contribution >= 0.6 is 0 Å². The van der Waals surface area contributed by atoms with E-state index in [0.29, 0.717) is 31.8 Å². The molecule has 2 amide bonds. The predicted molar refractivity (Wildman–Crippen MR) is 154 cm³/mol. The first kappa shape index (κ1) is 26.0. The second kappa shape index (κ2) is 10.0. The highest BCUT2D eigenvalue weighted by molar-refractivity contribution is 6.04.